The van der Waals surface area contributed by atoms with Crippen molar-refractivity contribution in [1.29, 1.82) is 0 Å². The minimum atomic E-state index is -0.334. The highest BCUT2D eigenvalue weighted by molar-refractivity contribution is 5.87. The maximum absolute atomic E-state index is 11.7. The van der Waals surface area contributed by atoms with E-state index in [-0.39, 0.29) is 19.2 Å². The van der Waals surface area contributed by atoms with E-state index in [1.54, 1.807) is 6.92 Å². The smallest absolute Gasteiger partial charge is 0.336 e. The summed E-state index contributed by atoms with van der Waals surface area (Å²) in [6.07, 6.45) is 22.7. The third kappa shape index (κ3) is 19.7. The van der Waals surface area contributed by atoms with E-state index in [4.69, 9.17) is 14.6 Å². The van der Waals surface area contributed by atoms with Crippen LogP contribution in [0.1, 0.15) is 117 Å². The van der Waals surface area contributed by atoms with Crippen LogP contribution in [-0.4, -0.2) is 30.9 Å². The Hall–Kier alpha value is -1.03. The molecule has 0 atom stereocenters. The Balaban J connectivity index is 3.23. The van der Waals surface area contributed by atoms with Gasteiger partial charge in [-0.25, -0.2) is 4.79 Å². The summed E-state index contributed by atoms with van der Waals surface area (Å²) < 4.78 is 10.2. The van der Waals surface area contributed by atoms with E-state index in [0.29, 0.717) is 12.2 Å². The Morgan fingerprint density at radius 3 is 1.57 bits per heavy atom. The number of ether oxygens (including phenoxy) is 2. The van der Waals surface area contributed by atoms with Gasteiger partial charge in [-0.15, -0.1) is 0 Å². The van der Waals surface area contributed by atoms with Crippen LogP contribution in [0, 0.1) is 0 Å². The lowest BCUT2D eigenvalue weighted by molar-refractivity contribution is -0.139. The molecule has 1 N–H and O–H groups in total. The number of hydrogen-bond donors (Lipinski definition) is 1. The maximum atomic E-state index is 11.7. The molecule has 0 bridgehead atoms. The molecular weight excluding hydrogens is 352 g/mol. The molecule has 0 aliphatic rings. The molecule has 0 spiro atoms. The normalized spacial score (nSPS) is 11.6. The van der Waals surface area contributed by atoms with Gasteiger partial charge >= 0.3 is 5.97 Å². The number of hydrogen-bond acceptors (Lipinski definition) is 4. The van der Waals surface area contributed by atoms with Crippen molar-refractivity contribution in [2.24, 2.45) is 0 Å². The van der Waals surface area contributed by atoms with Crippen LogP contribution >= 0.6 is 0 Å². The highest BCUT2D eigenvalue weighted by Crippen LogP contribution is 2.13. The summed E-state index contributed by atoms with van der Waals surface area (Å²) in [7, 11) is 0. The van der Waals surface area contributed by atoms with Crippen molar-refractivity contribution in [3.05, 3.63) is 11.8 Å². The lowest BCUT2D eigenvalue weighted by Gasteiger charge is -2.06. The number of esters is 1. The fourth-order valence-corrected chi connectivity index (χ4v) is 3.21. The van der Waals surface area contributed by atoms with Crippen molar-refractivity contribution in [2.75, 3.05) is 19.8 Å². The number of rotatable bonds is 21. The minimum Gasteiger partial charge on any atom is -0.498 e. The summed E-state index contributed by atoms with van der Waals surface area (Å²) in [5.41, 5.74) is 0.435. The van der Waals surface area contributed by atoms with E-state index in [0.717, 1.165) is 12.8 Å². The average Bonchev–Trinajstić information content (AvgIpc) is 2.70. The molecule has 0 rings (SSSR count). The van der Waals surface area contributed by atoms with Gasteiger partial charge in [-0.1, -0.05) is 103 Å². The molecule has 0 saturated carbocycles. The van der Waals surface area contributed by atoms with E-state index in [1.165, 1.54) is 96.2 Å². The summed E-state index contributed by atoms with van der Waals surface area (Å²) in [5, 5.41) is 8.61. The fraction of sp³-hybridized carbons (Fsp3) is 0.875. The quantitative estimate of drug-likeness (QED) is 0.101. The first-order valence-corrected chi connectivity index (χ1v) is 11.8. The van der Waals surface area contributed by atoms with Gasteiger partial charge in [0.15, 0.2) is 0 Å². The molecular formula is C24H46O4. The molecule has 0 unspecified atom stereocenters. The first kappa shape index (κ1) is 27.0. The van der Waals surface area contributed by atoms with Crippen molar-refractivity contribution in [3.63, 3.8) is 0 Å². The van der Waals surface area contributed by atoms with Crippen LogP contribution in [0.5, 0.6) is 0 Å². The molecule has 166 valence electrons. The van der Waals surface area contributed by atoms with Gasteiger partial charge in [0.05, 0.1) is 25.0 Å². The van der Waals surface area contributed by atoms with Gasteiger partial charge < -0.3 is 14.6 Å². The van der Waals surface area contributed by atoms with Gasteiger partial charge in [0, 0.05) is 0 Å². The van der Waals surface area contributed by atoms with Crippen molar-refractivity contribution >= 4 is 5.97 Å². The third-order valence-corrected chi connectivity index (χ3v) is 5.02. The lowest BCUT2D eigenvalue weighted by Crippen LogP contribution is -2.08. The molecule has 0 heterocycles. The van der Waals surface area contributed by atoms with Crippen molar-refractivity contribution in [3.8, 4) is 0 Å². The topological polar surface area (TPSA) is 55.8 Å². The van der Waals surface area contributed by atoms with Crippen LogP contribution < -0.4 is 0 Å². The second-order valence-corrected chi connectivity index (χ2v) is 7.83. The second kappa shape index (κ2) is 22.3. The van der Waals surface area contributed by atoms with Crippen molar-refractivity contribution < 1.29 is 19.4 Å². The number of aliphatic hydroxyl groups excluding tert-OH is 1. The van der Waals surface area contributed by atoms with Crippen LogP contribution in [0.15, 0.2) is 11.8 Å². The van der Waals surface area contributed by atoms with E-state index in [9.17, 15) is 4.79 Å². The van der Waals surface area contributed by atoms with Gasteiger partial charge in [-0.2, -0.15) is 0 Å². The van der Waals surface area contributed by atoms with Crippen LogP contribution in [-0.2, 0) is 14.3 Å². The summed E-state index contributed by atoms with van der Waals surface area (Å²) >= 11 is 0. The van der Waals surface area contributed by atoms with E-state index < -0.39 is 0 Å². The van der Waals surface area contributed by atoms with Gasteiger partial charge in [-0.05, 0) is 13.3 Å². The summed E-state index contributed by atoms with van der Waals surface area (Å²) in [6.45, 7) is 4.55. The van der Waals surface area contributed by atoms with E-state index in [2.05, 4.69) is 6.92 Å². The highest BCUT2D eigenvalue weighted by Gasteiger charge is 2.05. The summed E-state index contributed by atoms with van der Waals surface area (Å²) in [6, 6.07) is 0. The third-order valence-electron chi connectivity index (χ3n) is 5.02. The molecule has 0 aliphatic heterocycles. The maximum Gasteiger partial charge on any atom is 0.336 e. The minimum absolute atomic E-state index is 0.0575. The van der Waals surface area contributed by atoms with Gasteiger partial charge in [0.2, 0.25) is 0 Å². The molecule has 0 aromatic heterocycles. The summed E-state index contributed by atoms with van der Waals surface area (Å²) in [4.78, 5) is 11.7. The molecule has 28 heavy (non-hydrogen) atoms. The Kier molecular flexibility index (Phi) is 21.4. The summed E-state index contributed by atoms with van der Waals surface area (Å²) in [5.74, 6) is -0.334. The SMILES string of the molecule is CCCCCCCCCCCCCCCCCCOC(=O)C(C)=COCCO. The first-order valence-electron chi connectivity index (χ1n) is 11.8. The average molecular weight is 399 g/mol. The standard InChI is InChI=1S/C24H46O4/c1-3-4-5-6-7-8-9-10-11-12-13-14-15-16-17-18-20-28-24(26)23(2)22-27-21-19-25/h22,25H,3-21H2,1-2H3. The number of unbranched alkanes of at least 4 members (excludes halogenated alkanes) is 15. The Morgan fingerprint density at radius 1 is 0.714 bits per heavy atom. The Labute approximate surface area is 174 Å². The van der Waals surface area contributed by atoms with Crippen LogP contribution in [0.2, 0.25) is 0 Å². The molecule has 0 fully saturated rings. The van der Waals surface area contributed by atoms with Crippen molar-refractivity contribution in [2.45, 2.75) is 117 Å². The van der Waals surface area contributed by atoms with Crippen LogP contribution in [0.3, 0.4) is 0 Å². The zero-order chi connectivity index (χ0) is 20.7. The second-order valence-electron chi connectivity index (χ2n) is 7.83. The number of aliphatic hydroxyl groups is 1. The van der Waals surface area contributed by atoms with Crippen LogP contribution in [0.25, 0.3) is 0 Å². The molecule has 0 aromatic carbocycles. The van der Waals surface area contributed by atoms with Crippen molar-refractivity contribution in [1.82, 2.24) is 0 Å². The predicted octanol–water partition coefficient (Wildman–Crippen LogP) is 6.70. The zero-order valence-corrected chi connectivity index (χ0v) is 18.7. The monoisotopic (exact) mass is 398 g/mol. The fourth-order valence-electron chi connectivity index (χ4n) is 3.21. The van der Waals surface area contributed by atoms with Crippen LogP contribution in [0.4, 0.5) is 0 Å². The number of carbonyl (C=O) groups excluding carboxylic acids is 1. The molecule has 4 heteroatoms. The van der Waals surface area contributed by atoms with Gasteiger partial charge in [0.1, 0.15) is 6.61 Å². The van der Waals surface area contributed by atoms with Gasteiger partial charge in [-0.3, -0.25) is 0 Å². The lowest BCUT2D eigenvalue weighted by atomic mass is 10.0. The van der Waals surface area contributed by atoms with E-state index in [1.807, 2.05) is 0 Å². The molecule has 0 saturated heterocycles. The molecule has 0 radical (unpaired) electrons. The number of carbonyl (C=O) groups is 1. The molecule has 0 aliphatic carbocycles. The Bertz CT molecular complexity index is 366. The molecule has 0 amide bonds. The van der Waals surface area contributed by atoms with Gasteiger partial charge in [0.25, 0.3) is 0 Å². The predicted molar refractivity (Wildman–Crippen MR) is 117 cm³/mol. The Morgan fingerprint density at radius 2 is 1.14 bits per heavy atom. The highest BCUT2D eigenvalue weighted by atomic mass is 16.5. The largest absolute Gasteiger partial charge is 0.498 e. The first-order chi connectivity index (χ1) is 13.7. The molecule has 0 aromatic rings. The molecule has 4 nitrogen and oxygen atoms in total. The zero-order valence-electron chi connectivity index (χ0n) is 18.7. The van der Waals surface area contributed by atoms with E-state index >= 15 is 0 Å².